The minimum Gasteiger partial charge on any atom is -0.346 e. The molecule has 1 aromatic rings. The van der Waals surface area contributed by atoms with Crippen LogP contribution in [0.4, 0.5) is 13.2 Å². The number of halogens is 3. The predicted molar refractivity (Wildman–Crippen MR) is 62.4 cm³/mol. The second-order valence-electron chi connectivity index (χ2n) is 4.96. The molecule has 3 nitrogen and oxygen atoms in total. The zero-order chi connectivity index (χ0) is 13.2. The van der Waals surface area contributed by atoms with Gasteiger partial charge in [0.1, 0.15) is 5.82 Å². The van der Waals surface area contributed by atoms with E-state index in [2.05, 4.69) is 9.97 Å². The molecule has 1 unspecified atom stereocenters. The lowest BCUT2D eigenvalue weighted by atomic mass is 9.97. The van der Waals surface area contributed by atoms with Gasteiger partial charge < -0.3 is 9.88 Å². The van der Waals surface area contributed by atoms with Crippen molar-refractivity contribution >= 4 is 0 Å². The maximum Gasteiger partial charge on any atom is 0.390 e. The molecule has 1 aromatic heterocycles. The Labute approximate surface area is 104 Å². The number of alkyl halides is 3. The molecule has 1 fully saturated rings. The molecule has 0 bridgehead atoms. The lowest BCUT2D eigenvalue weighted by Crippen LogP contribution is -2.37. The summed E-state index contributed by atoms with van der Waals surface area (Å²) < 4.78 is 36.6. The van der Waals surface area contributed by atoms with Crippen LogP contribution in [0.15, 0.2) is 6.20 Å². The van der Waals surface area contributed by atoms with Gasteiger partial charge in [-0.05, 0) is 26.3 Å². The third-order valence-corrected chi connectivity index (χ3v) is 3.33. The van der Waals surface area contributed by atoms with Gasteiger partial charge in [0.15, 0.2) is 0 Å². The Morgan fingerprint density at radius 2 is 2.28 bits per heavy atom. The first-order valence-electron chi connectivity index (χ1n) is 6.24. The number of piperidine rings is 1. The van der Waals surface area contributed by atoms with Gasteiger partial charge in [0.2, 0.25) is 0 Å². The maximum atomic E-state index is 12.2. The molecule has 0 radical (unpaired) electrons. The van der Waals surface area contributed by atoms with Crippen LogP contribution >= 0.6 is 0 Å². The van der Waals surface area contributed by atoms with Crippen molar-refractivity contribution in [2.45, 2.75) is 38.3 Å². The van der Waals surface area contributed by atoms with Crippen molar-refractivity contribution in [3.8, 4) is 0 Å². The van der Waals surface area contributed by atoms with E-state index < -0.39 is 12.6 Å². The number of aromatic amines is 1. The van der Waals surface area contributed by atoms with Crippen molar-refractivity contribution in [2.24, 2.45) is 0 Å². The van der Waals surface area contributed by atoms with Crippen LogP contribution in [0.2, 0.25) is 0 Å². The topological polar surface area (TPSA) is 31.9 Å². The third kappa shape index (κ3) is 3.73. The van der Waals surface area contributed by atoms with Crippen molar-refractivity contribution in [1.29, 1.82) is 0 Å². The smallest absolute Gasteiger partial charge is 0.346 e. The van der Waals surface area contributed by atoms with Crippen molar-refractivity contribution in [1.82, 2.24) is 14.9 Å². The van der Waals surface area contributed by atoms with Crippen LogP contribution in [0, 0.1) is 6.92 Å². The molecule has 18 heavy (non-hydrogen) atoms. The first kappa shape index (κ1) is 13.4. The average molecular weight is 261 g/mol. The van der Waals surface area contributed by atoms with Crippen LogP contribution in [-0.4, -0.2) is 40.7 Å². The number of hydrogen-bond donors (Lipinski definition) is 1. The molecule has 6 heteroatoms. The Balaban J connectivity index is 1.88. The fraction of sp³-hybridized carbons (Fsp3) is 0.750. The third-order valence-electron chi connectivity index (χ3n) is 3.33. The van der Waals surface area contributed by atoms with E-state index >= 15 is 0 Å². The number of aryl methyl sites for hydroxylation is 1. The molecule has 2 rings (SSSR count). The van der Waals surface area contributed by atoms with Crippen molar-refractivity contribution in [2.75, 3.05) is 19.6 Å². The Morgan fingerprint density at radius 1 is 1.50 bits per heavy atom. The minimum absolute atomic E-state index is 0.0969. The van der Waals surface area contributed by atoms with Crippen LogP contribution in [0.5, 0.6) is 0 Å². The number of nitrogens with zero attached hydrogens (tertiary/aromatic N) is 2. The van der Waals surface area contributed by atoms with E-state index in [1.807, 2.05) is 11.8 Å². The Bertz CT molecular complexity index is 386. The molecular formula is C12H18F3N3. The monoisotopic (exact) mass is 261 g/mol. The molecule has 1 aliphatic heterocycles. The molecule has 1 saturated heterocycles. The second kappa shape index (κ2) is 5.30. The minimum atomic E-state index is -4.06. The highest BCUT2D eigenvalue weighted by Crippen LogP contribution is 2.26. The summed E-state index contributed by atoms with van der Waals surface area (Å²) in [6.45, 7) is 3.45. The van der Waals surface area contributed by atoms with Crippen LogP contribution in [-0.2, 0) is 0 Å². The van der Waals surface area contributed by atoms with Crippen LogP contribution in [0.3, 0.4) is 0 Å². The fourth-order valence-electron chi connectivity index (χ4n) is 2.41. The quantitative estimate of drug-likeness (QED) is 0.907. The van der Waals surface area contributed by atoms with Gasteiger partial charge in [-0.3, -0.25) is 0 Å². The highest BCUT2D eigenvalue weighted by atomic mass is 19.4. The van der Waals surface area contributed by atoms with Crippen molar-refractivity contribution in [3.63, 3.8) is 0 Å². The Hall–Kier alpha value is -1.04. The molecule has 0 spiro atoms. The number of rotatable bonds is 3. The van der Waals surface area contributed by atoms with Gasteiger partial charge in [0.05, 0.1) is 6.42 Å². The summed E-state index contributed by atoms with van der Waals surface area (Å²) in [5, 5.41) is 0. The standard InChI is InChI=1S/C12H18F3N3/c1-9-7-16-11(17-9)10-3-2-5-18(8-10)6-4-12(13,14)15/h7,10H,2-6,8H2,1H3,(H,16,17). The van der Waals surface area contributed by atoms with Gasteiger partial charge in [0.25, 0.3) is 0 Å². The molecule has 1 N–H and O–H groups in total. The van der Waals surface area contributed by atoms with Gasteiger partial charge in [0, 0.05) is 30.9 Å². The van der Waals surface area contributed by atoms with Crippen LogP contribution in [0.1, 0.15) is 36.7 Å². The van der Waals surface area contributed by atoms with Gasteiger partial charge in [-0.1, -0.05) is 0 Å². The summed E-state index contributed by atoms with van der Waals surface area (Å²) in [7, 11) is 0. The fourth-order valence-corrected chi connectivity index (χ4v) is 2.41. The van der Waals surface area contributed by atoms with E-state index in [1.165, 1.54) is 0 Å². The maximum absolute atomic E-state index is 12.2. The highest BCUT2D eigenvalue weighted by Gasteiger charge is 2.30. The number of hydrogen-bond acceptors (Lipinski definition) is 2. The zero-order valence-electron chi connectivity index (χ0n) is 10.4. The molecule has 0 amide bonds. The highest BCUT2D eigenvalue weighted by molar-refractivity contribution is 5.05. The first-order chi connectivity index (χ1) is 8.44. The van der Waals surface area contributed by atoms with Crippen molar-refractivity contribution < 1.29 is 13.2 Å². The van der Waals surface area contributed by atoms with E-state index in [0.717, 1.165) is 30.9 Å². The molecule has 0 saturated carbocycles. The van der Waals surface area contributed by atoms with Crippen LogP contribution < -0.4 is 0 Å². The molecule has 0 aliphatic carbocycles. The summed E-state index contributed by atoms with van der Waals surface area (Å²) in [4.78, 5) is 9.35. The Morgan fingerprint density at radius 3 is 2.89 bits per heavy atom. The SMILES string of the molecule is Cc1cnc(C2CCCN(CCC(F)(F)F)C2)[nH]1. The molecule has 1 aliphatic rings. The summed E-state index contributed by atoms with van der Waals surface area (Å²) in [5.74, 6) is 1.14. The zero-order valence-corrected chi connectivity index (χ0v) is 10.4. The number of aromatic nitrogens is 2. The van der Waals surface area contributed by atoms with Gasteiger partial charge >= 0.3 is 6.18 Å². The van der Waals surface area contributed by atoms with Crippen LogP contribution in [0.25, 0.3) is 0 Å². The number of H-pyrrole nitrogens is 1. The average Bonchev–Trinajstić information content (AvgIpc) is 2.73. The number of imidazole rings is 1. The lowest BCUT2D eigenvalue weighted by molar-refractivity contribution is -0.138. The molecule has 0 aromatic carbocycles. The lowest BCUT2D eigenvalue weighted by Gasteiger charge is -2.31. The van der Waals surface area contributed by atoms with Gasteiger partial charge in [-0.25, -0.2) is 4.98 Å². The number of likely N-dealkylation sites (tertiary alicyclic amines) is 1. The van der Waals surface area contributed by atoms with Gasteiger partial charge in [-0.15, -0.1) is 0 Å². The summed E-state index contributed by atoms with van der Waals surface area (Å²) in [6, 6.07) is 0. The number of nitrogens with one attached hydrogen (secondary N) is 1. The Kier molecular flexibility index (Phi) is 3.94. The van der Waals surface area contributed by atoms with E-state index in [9.17, 15) is 13.2 Å². The van der Waals surface area contributed by atoms with Gasteiger partial charge in [-0.2, -0.15) is 13.2 Å². The van der Waals surface area contributed by atoms with E-state index in [1.54, 1.807) is 6.20 Å². The van der Waals surface area contributed by atoms with E-state index in [0.29, 0.717) is 6.54 Å². The second-order valence-corrected chi connectivity index (χ2v) is 4.96. The van der Waals surface area contributed by atoms with E-state index in [4.69, 9.17) is 0 Å². The molecular weight excluding hydrogens is 243 g/mol. The molecule has 102 valence electrons. The normalized spacial score (nSPS) is 22.3. The molecule has 2 heterocycles. The van der Waals surface area contributed by atoms with Crippen molar-refractivity contribution in [3.05, 3.63) is 17.7 Å². The summed E-state index contributed by atoms with van der Waals surface area (Å²) >= 11 is 0. The first-order valence-corrected chi connectivity index (χ1v) is 6.24. The molecule has 1 atom stereocenters. The van der Waals surface area contributed by atoms with E-state index in [-0.39, 0.29) is 12.5 Å². The predicted octanol–water partition coefficient (Wildman–Crippen LogP) is 2.85. The summed E-state index contributed by atoms with van der Waals surface area (Å²) in [5.41, 5.74) is 0.998. The summed E-state index contributed by atoms with van der Waals surface area (Å²) in [6.07, 6.45) is -1.09. The largest absolute Gasteiger partial charge is 0.390 e.